The van der Waals surface area contributed by atoms with E-state index in [9.17, 15) is 9.18 Å². The van der Waals surface area contributed by atoms with Gasteiger partial charge in [0.1, 0.15) is 10.7 Å². The van der Waals surface area contributed by atoms with E-state index in [1.54, 1.807) is 18.5 Å². The first-order valence-electron chi connectivity index (χ1n) is 12.6. The molecule has 2 atom stereocenters. The van der Waals surface area contributed by atoms with Crippen LogP contribution in [0.4, 0.5) is 9.52 Å². The molecule has 2 aromatic heterocycles. The molecule has 1 unspecified atom stereocenters. The zero-order chi connectivity index (χ0) is 23.5. The summed E-state index contributed by atoms with van der Waals surface area (Å²) in [4.78, 5) is 26.7. The fourth-order valence-corrected chi connectivity index (χ4v) is 6.06. The van der Waals surface area contributed by atoms with Crippen molar-refractivity contribution >= 4 is 22.4 Å². The van der Waals surface area contributed by atoms with Gasteiger partial charge >= 0.3 is 0 Å². The molecule has 4 heterocycles. The normalized spacial score (nSPS) is 23.5. The Balaban J connectivity index is 1.11. The lowest BCUT2D eigenvalue weighted by Gasteiger charge is -2.43. The SMILES string of the molecule is C[C@H](Nc1ncc(C(=O)N2CCC(N3CCCC(OC4CCC4)C3)CC2)s1)c1ncccc1F. The van der Waals surface area contributed by atoms with Crippen LogP contribution in [0.1, 0.15) is 73.3 Å². The highest BCUT2D eigenvalue weighted by molar-refractivity contribution is 7.17. The van der Waals surface area contributed by atoms with E-state index < -0.39 is 0 Å². The molecule has 2 saturated heterocycles. The number of nitrogens with one attached hydrogen (secondary N) is 1. The summed E-state index contributed by atoms with van der Waals surface area (Å²) >= 11 is 1.32. The second kappa shape index (κ2) is 10.7. The highest BCUT2D eigenvalue weighted by Gasteiger charge is 2.33. The first kappa shape index (κ1) is 23.6. The summed E-state index contributed by atoms with van der Waals surface area (Å²) in [5, 5.41) is 3.77. The fourth-order valence-electron chi connectivity index (χ4n) is 5.19. The average Bonchev–Trinajstić information content (AvgIpc) is 3.30. The van der Waals surface area contributed by atoms with E-state index in [-0.39, 0.29) is 17.8 Å². The van der Waals surface area contributed by atoms with Crippen LogP contribution in [0.2, 0.25) is 0 Å². The number of carbonyl (C=O) groups excluding carboxylic acids is 1. The van der Waals surface area contributed by atoms with Gasteiger partial charge in [0.05, 0.1) is 30.1 Å². The Labute approximate surface area is 204 Å². The minimum absolute atomic E-state index is 0.0329. The molecule has 2 aromatic rings. The molecular formula is C25H34FN5O2S. The van der Waals surface area contributed by atoms with E-state index in [1.807, 2.05) is 11.8 Å². The number of nitrogens with zero attached hydrogens (tertiary/aromatic N) is 4. The highest BCUT2D eigenvalue weighted by Crippen LogP contribution is 2.29. The molecule has 0 spiro atoms. The Morgan fingerprint density at radius 1 is 1.15 bits per heavy atom. The van der Waals surface area contributed by atoms with Crippen molar-refractivity contribution in [2.24, 2.45) is 0 Å². The minimum atomic E-state index is -0.354. The maximum absolute atomic E-state index is 14.0. The first-order valence-corrected chi connectivity index (χ1v) is 13.4. The van der Waals surface area contributed by atoms with Crippen molar-refractivity contribution in [2.45, 2.75) is 76.2 Å². The van der Waals surface area contributed by atoms with Gasteiger partial charge in [-0.25, -0.2) is 9.37 Å². The van der Waals surface area contributed by atoms with Gasteiger partial charge in [-0.05, 0) is 70.5 Å². The topological polar surface area (TPSA) is 70.6 Å². The molecule has 9 heteroatoms. The van der Waals surface area contributed by atoms with E-state index in [0.29, 0.717) is 34.0 Å². The van der Waals surface area contributed by atoms with Crippen molar-refractivity contribution in [1.29, 1.82) is 0 Å². The van der Waals surface area contributed by atoms with Crippen LogP contribution >= 0.6 is 11.3 Å². The van der Waals surface area contributed by atoms with E-state index >= 15 is 0 Å². The molecule has 3 fully saturated rings. The van der Waals surface area contributed by atoms with Crippen molar-refractivity contribution in [2.75, 3.05) is 31.5 Å². The fraction of sp³-hybridized carbons (Fsp3) is 0.640. The van der Waals surface area contributed by atoms with E-state index in [2.05, 4.69) is 20.2 Å². The van der Waals surface area contributed by atoms with Gasteiger partial charge in [-0.15, -0.1) is 0 Å². The third-order valence-electron chi connectivity index (χ3n) is 7.37. The number of ether oxygens (including phenoxy) is 1. The Kier molecular flexibility index (Phi) is 7.41. The van der Waals surface area contributed by atoms with Crippen LogP contribution in [-0.4, -0.2) is 70.1 Å². The average molecular weight is 488 g/mol. The monoisotopic (exact) mass is 487 g/mol. The molecule has 0 aromatic carbocycles. The van der Waals surface area contributed by atoms with Crippen LogP contribution < -0.4 is 5.32 Å². The van der Waals surface area contributed by atoms with E-state index in [4.69, 9.17) is 4.74 Å². The van der Waals surface area contributed by atoms with Crippen molar-refractivity contribution in [3.05, 3.63) is 40.9 Å². The molecule has 2 aliphatic heterocycles. The number of piperidine rings is 2. The lowest BCUT2D eigenvalue weighted by Crippen LogP contribution is -2.51. The molecule has 1 amide bonds. The molecule has 1 N–H and O–H groups in total. The number of carbonyl (C=O) groups is 1. The lowest BCUT2D eigenvalue weighted by molar-refractivity contribution is -0.0856. The lowest BCUT2D eigenvalue weighted by atomic mass is 9.95. The Morgan fingerprint density at radius 3 is 2.68 bits per heavy atom. The number of amides is 1. The summed E-state index contributed by atoms with van der Waals surface area (Å²) in [5.74, 6) is -0.321. The molecule has 3 aliphatic rings. The summed E-state index contributed by atoms with van der Waals surface area (Å²) in [7, 11) is 0. The number of aromatic nitrogens is 2. The van der Waals surface area contributed by atoms with Crippen LogP contribution in [0.5, 0.6) is 0 Å². The van der Waals surface area contributed by atoms with Crippen LogP contribution in [0, 0.1) is 5.82 Å². The predicted octanol–water partition coefficient (Wildman–Crippen LogP) is 4.49. The third-order valence-corrected chi connectivity index (χ3v) is 8.28. The van der Waals surface area contributed by atoms with Crippen molar-refractivity contribution < 1.29 is 13.9 Å². The number of halogens is 1. The predicted molar refractivity (Wildman–Crippen MR) is 131 cm³/mol. The maximum Gasteiger partial charge on any atom is 0.265 e. The van der Waals surface area contributed by atoms with Gasteiger partial charge in [0.15, 0.2) is 5.13 Å². The zero-order valence-corrected chi connectivity index (χ0v) is 20.6. The largest absolute Gasteiger partial charge is 0.374 e. The number of thiazole rings is 1. The summed E-state index contributed by atoms with van der Waals surface area (Å²) in [6, 6.07) is 3.16. The molecule has 34 heavy (non-hydrogen) atoms. The summed E-state index contributed by atoms with van der Waals surface area (Å²) in [5.41, 5.74) is 0.339. The molecule has 0 bridgehead atoms. The Morgan fingerprint density at radius 2 is 1.94 bits per heavy atom. The van der Waals surface area contributed by atoms with Crippen molar-refractivity contribution in [3.8, 4) is 0 Å². The zero-order valence-electron chi connectivity index (χ0n) is 19.8. The van der Waals surface area contributed by atoms with Gasteiger partial charge < -0.3 is 15.0 Å². The van der Waals surface area contributed by atoms with Gasteiger partial charge in [-0.1, -0.05) is 11.3 Å². The minimum Gasteiger partial charge on any atom is -0.374 e. The molecule has 0 radical (unpaired) electrons. The van der Waals surface area contributed by atoms with Gasteiger partial charge in [0, 0.05) is 31.9 Å². The quantitative estimate of drug-likeness (QED) is 0.621. The molecular weight excluding hydrogens is 453 g/mol. The molecule has 1 saturated carbocycles. The van der Waals surface area contributed by atoms with Crippen LogP contribution in [-0.2, 0) is 4.74 Å². The van der Waals surface area contributed by atoms with Crippen LogP contribution in [0.25, 0.3) is 0 Å². The smallest absolute Gasteiger partial charge is 0.265 e. The third kappa shape index (κ3) is 5.42. The Bertz CT molecular complexity index is 976. The standard InChI is InChI=1S/C25H34FN5O2S/c1-17(23-21(26)8-3-11-27-23)29-25-28-15-22(34-25)24(32)30-13-9-18(10-14-30)31-12-4-7-20(16-31)33-19-5-2-6-19/h3,8,11,15,17-20H,2,4-7,9-10,12-14,16H2,1H3,(H,28,29)/t17-,20?/m0/s1. The van der Waals surface area contributed by atoms with Crippen molar-refractivity contribution in [3.63, 3.8) is 0 Å². The van der Waals surface area contributed by atoms with Gasteiger partial charge in [-0.3, -0.25) is 14.7 Å². The first-order chi connectivity index (χ1) is 16.6. The molecule has 5 rings (SSSR count). The summed E-state index contributed by atoms with van der Waals surface area (Å²) in [6.45, 7) is 5.55. The number of likely N-dealkylation sites (tertiary alicyclic amines) is 2. The van der Waals surface area contributed by atoms with E-state index in [0.717, 1.165) is 39.0 Å². The number of anilines is 1. The second-order valence-corrected chi connectivity index (χ2v) is 10.8. The van der Waals surface area contributed by atoms with Crippen molar-refractivity contribution in [1.82, 2.24) is 19.8 Å². The summed E-state index contributed by atoms with van der Waals surface area (Å²) < 4.78 is 20.3. The van der Waals surface area contributed by atoms with Crippen LogP contribution in [0.15, 0.2) is 24.5 Å². The number of hydrogen-bond acceptors (Lipinski definition) is 7. The Hall–Kier alpha value is -2.10. The molecule has 184 valence electrons. The highest BCUT2D eigenvalue weighted by atomic mass is 32.1. The van der Waals surface area contributed by atoms with Crippen LogP contribution in [0.3, 0.4) is 0 Å². The molecule has 7 nitrogen and oxygen atoms in total. The van der Waals surface area contributed by atoms with Gasteiger partial charge in [0.2, 0.25) is 0 Å². The van der Waals surface area contributed by atoms with E-state index in [1.165, 1.54) is 49.5 Å². The molecule has 1 aliphatic carbocycles. The maximum atomic E-state index is 14.0. The number of rotatable bonds is 7. The van der Waals surface area contributed by atoms with Gasteiger partial charge in [-0.2, -0.15) is 0 Å². The van der Waals surface area contributed by atoms with Gasteiger partial charge in [0.25, 0.3) is 5.91 Å². The number of pyridine rings is 1. The number of hydrogen-bond donors (Lipinski definition) is 1. The second-order valence-electron chi connectivity index (χ2n) is 9.74. The summed E-state index contributed by atoms with van der Waals surface area (Å²) in [6.07, 6.45) is 12.2.